The Hall–Kier alpha value is -1.53. The van der Waals surface area contributed by atoms with E-state index < -0.39 is 17.2 Å². The third-order valence-corrected chi connectivity index (χ3v) is 6.85. The molecule has 1 amide bonds. The Kier molecular flexibility index (Phi) is 3.29. The van der Waals surface area contributed by atoms with Crippen molar-refractivity contribution in [2.45, 2.75) is 49.2 Å². The van der Waals surface area contributed by atoms with E-state index in [1.807, 2.05) is 4.90 Å². The first-order chi connectivity index (χ1) is 12.0. The normalized spacial score (nSPS) is 37.9. The highest BCUT2D eigenvalue weighted by Crippen LogP contribution is 2.49. The van der Waals surface area contributed by atoms with Crippen LogP contribution in [0.3, 0.4) is 0 Å². The molecule has 5 aliphatic rings. The predicted octanol–water partition coefficient (Wildman–Crippen LogP) is 1.84. The Bertz CT molecular complexity index is 727. The molecule has 5 fully saturated rings. The van der Waals surface area contributed by atoms with Crippen molar-refractivity contribution in [3.05, 3.63) is 35.4 Å². The highest BCUT2D eigenvalue weighted by atomic mass is 19.2. The molecule has 2 N–H and O–H groups in total. The second-order valence-electron chi connectivity index (χ2n) is 8.22. The van der Waals surface area contributed by atoms with E-state index in [0.717, 1.165) is 44.8 Å². The van der Waals surface area contributed by atoms with Crippen molar-refractivity contribution in [1.29, 1.82) is 0 Å². The molecule has 4 aliphatic heterocycles. The lowest BCUT2D eigenvalue weighted by atomic mass is 9.75. The summed E-state index contributed by atoms with van der Waals surface area (Å²) in [4.78, 5) is 17.3. The smallest absolute Gasteiger partial charge is 0.242 e. The Labute approximate surface area is 146 Å². The minimum absolute atomic E-state index is 0.00978. The van der Waals surface area contributed by atoms with Gasteiger partial charge in [-0.3, -0.25) is 9.69 Å². The number of nitrogens with zero attached hydrogens (tertiary/aromatic N) is 2. The number of amides is 1. The van der Waals surface area contributed by atoms with Crippen LogP contribution in [0.15, 0.2) is 18.2 Å². The van der Waals surface area contributed by atoms with Crippen LogP contribution in [0.1, 0.15) is 37.2 Å². The predicted molar refractivity (Wildman–Crippen MR) is 88.8 cm³/mol. The summed E-state index contributed by atoms with van der Waals surface area (Å²) in [5, 5.41) is 0. The number of carbonyl (C=O) groups is 1. The maximum atomic E-state index is 14.5. The van der Waals surface area contributed by atoms with Gasteiger partial charge in [0.1, 0.15) is 0 Å². The van der Waals surface area contributed by atoms with Gasteiger partial charge in [-0.15, -0.1) is 0 Å². The summed E-state index contributed by atoms with van der Waals surface area (Å²) >= 11 is 0. The van der Waals surface area contributed by atoms with Crippen LogP contribution in [-0.4, -0.2) is 53.0 Å². The van der Waals surface area contributed by atoms with Gasteiger partial charge in [-0.25, -0.2) is 8.78 Å². The van der Waals surface area contributed by atoms with Crippen LogP contribution in [0.2, 0.25) is 0 Å². The molecule has 1 saturated carbocycles. The van der Waals surface area contributed by atoms with Crippen LogP contribution >= 0.6 is 0 Å². The fourth-order valence-corrected chi connectivity index (χ4v) is 5.37. The van der Waals surface area contributed by atoms with Crippen molar-refractivity contribution >= 4 is 5.91 Å². The molecule has 0 radical (unpaired) electrons. The number of hydrogen-bond acceptors (Lipinski definition) is 3. The Balaban J connectivity index is 1.56. The van der Waals surface area contributed by atoms with E-state index in [0.29, 0.717) is 18.0 Å². The second-order valence-corrected chi connectivity index (χ2v) is 8.22. The zero-order valence-corrected chi connectivity index (χ0v) is 14.1. The quantitative estimate of drug-likeness (QED) is 0.888. The van der Waals surface area contributed by atoms with Gasteiger partial charge >= 0.3 is 0 Å². The molecule has 4 saturated heterocycles. The van der Waals surface area contributed by atoms with Crippen molar-refractivity contribution in [2.75, 3.05) is 19.6 Å². The van der Waals surface area contributed by atoms with Gasteiger partial charge in [-0.1, -0.05) is 12.1 Å². The summed E-state index contributed by atoms with van der Waals surface area (Å²) in [6.45, 7) is 2.41. The molecule has 25 heavy (non-hydrogen) atoms. The minimum Gasteiger partial charge on any atom is -0.336 e. The highest BCUT2D eigenvalue weighted by Gasteiger charge is 2.59. The molecule has 6 rings (SSSR count). The summed E-state index contributed by atoms with van der Waals surface area (Å²) in [5.41, 5.74) is 5.88. The van der Waals surface area contributed by atoms with Crippen molar-refractivity contribution in [2.24, 2.45) is 11.7 Å². The number of piperidine rings is 3. The summed E-state index contributed by atoms with van der Waals surface area (Å²) in [6.07, 6.45) is 3.60. The lowest BCUT2D eigenvalue weighted by molar-refractivity contribution is -0.138. The molecule has 1 aromatic rings. The van der Waals surface area contributed by atoms with Crippen molar-refractivity contribution < 1.29 is 13.6 Å². The molecule has 2 bridgehead atoms. The maximum absolute atomic E-state index is 14.5. The van der Waals surface area contributed by atoms with Crippen LogP contribution in [-0.2, 0) is 4.79 Å². The van der Waals surface area contributed by atoms with Gasteiger partial charge in [-0.05, 0) is 56.3 Å². The molecule has 4 heterocycles. The van der Waals surface area contributed by atoms with E-state index in [-0.39, 0.29) is 23.9 Å². The molecular weight excluding hydrogens is 324 g/mol. The van der Waals surface area contributed by atoms with Gasteiger partial charge in [0.15, 0.2) is 11.6 Å². The molecule has 6 heteroatoms. The fourth-order valence-electron chi connectivity index (χ4n) is 5.37. The van der Waals surface area contributed by atoms with E-state index in [2.05, 4.69) is 4.90 Å². The third kappa shape index (κ3) is 2.20. The van der Waals surface area contributed by atoms with Gasteiger partial charge in [0.05, 0.1) is 11.6 Å². The number of likely N-dealkylation sites (tertiary alicyclic amines) is 1. The molecule has 3 atom stereocenters. The SMILES string of the molecule is NC1(C(=O)N2C[C@H](c3cccc(F)c3F)[C@H]3[C@@H]2C2CCN3CC2)CC1. The average Bonchev–Trinajstić information content (AvgIpc) is 3.25. The molecule has 1 aromatic carbocycles. The Morgan fingerprint density at radius 2 is 1.88 bits per heavy atom. The fraction of sp³-hybridized carbons (Fsp3) is 0.632. The molecule has 1 aliphatic carbocycles. The molecule has 134 valence electrons. The van der Waals surface area contributed by atoms with Crippen LogP contribution in [0.5, 0.6) is 0 Å². The maximum Gasteiger partial charge on any atom is 0.242 e. The second kappa shape index (κ2) is 5.24. The van der Waals surface area contributed by atoms with E-state index >= 15 is 0 Å². The lowest BCUT2D eigenvalue weighted by Crippen LogP contribution is -2.62. The van der Waals surface area contributed by atoms with Crippen LogP contribution in [0.25, 0.3) is 0 Å². The standard InChI is InChI=1S/C19H23F2N3O/c20-14-3-1-2-12(15(14)21)13-10-24(18(25)19(22)6-7-19)16-11-4-8-23(9-5-11)17(13)16/h1-3,11,13,16-17H,4-10,22H2/t13-,16+,17+/m1/s1. The number of carbonyl (C=O) groups excluding carboxylic acids is 1. The monoisotopic (exact) mass is 347 g/mol. The highest BCUT2D eigenvalue weighted by molar-refractivity contribution is 5.90. The molecular formula is C19H23F2N3O. The third-order valence-electron chi connectivity index (χ3n) is 6.85. The van der Waals surface area contributed by atoms with Crippen molar-refractivity contribution in [3.63, 3.8) is 0 Å². The number of nitrogens with two attached hydrogens (primary N) is 1. The van der Waals surface area contributed by atoms with Gasteiger partial charge in [-0.2, -0.15) is 0 Å². The first kappa shape index (κ1) is 15.7. The average molecular weight is 347 g/mol. The largest absolute Gasteiger partial charge is 0.336 e. The Morgan fingerprint density at radius 1 is 1.16 bits per heavy atom. The first-order valence-corrected chi connectivity index (χ1v) is 9.27. The molecule has 0 spiro atoms. The van der Waals surface area contributed by atoms with Gasteiger partial charge in [0.2, 0.25) is 5.91 Å². The number of benzene rings is 1. The molecule has 4 nitrogen and oxygen atoms in total. The zero-order valence-electron chi connectivity index (χ0n) is 14.1. The number of fused-ring (bicyclic) bond motifs is 2. The summed E-state index contributed by atoms with van der Waals surface area (Å²) < 4.78 is 28.3. The topological polar surface area (TPSA) is 49.6 Å². The van der Waals surface area contributed by atoms with Crippen LogP contribution in [0.4, 0.5) is 8.78 Å². The summed E-state index contributed by atoms with van der Waals surface area (Å²) in [7, 11) is 0. The first-order valence-electron chi connectivity index (χ1n) is 9.27. The van der Waals surface area contributed by atoms with Crippen LogP contribution in [0, 0.1) is 17.6 Å². The van der Waals surface area contributed by atoms with Crippen molar-refractivity contribution in [1.82, 2.24) is 9.80 Å². The van der Waals surface area contributed by atoms with Gasteiger partial charge in [0, 0.05) is 18.5 Å². The van der Waals surface area contributed by atoms with Crippen molar-refractivity contribution in [3.8, 4) is 0 Å². The number of halogens is 2. The lowest BCUT2D eigenvalue weighted by Gasteiger charge is -2.51. The molecule has 0 unspecified atom stereocenters. The Morgan fingerprint density at radius 3 is 2.56 bits per heavy atom. The van der Waals surface area contributed by atoms with E-state index in [9.17, 15) is 13.6 Å². The van der Waals surface area contributed by atoms with E-state index in [1.165, 1.54) is 0 Å². The summed E-state index contributed by atoms with van der Waals surface area (Å²) in [6, 6.07) is 4.56. The van der Waals surface area contributed by atoms with Gasteiger partial charge in [0.25, 0.3) is 0 Å². The van der Waals surface area contributed by atoms with E-state index in [4.69, 9.17) is 5.73 Å². The number of hydrogen-bond donors (Lipinski definition) is 1. The summed E-state index contributed by atoms with van der Waals surface area (Å²) in [5.74, 6) is -1.31. The zero-order chi connectivity index (χ0) is 17.3. The van der Waals surface area contributed by atoms with Gasteiger partial charge < -0.3 is 10.6 Å². The van der Waals surface area contributed by atoms with Crippen LogP contribution < -0.4 is 5.73 Å². The number of rotatable bonds is 2. The minimum atomic E-state index is -0.813. The molecule has 0 aromatic heterocycles. The van der Waals surface area contributed by atoms with E-state index in [1.54, 1.807) is 12.1 Å².